The maximum atomic E-state index is 13.4. The summed E-state index contributed by atoms with van der Waals surface area (Å²) in [5.74, 6) is 0.606. The maximum absolute atomic E-state index is 13.4. The van der Waals surface area contributed by atoms with Gasteiger partial charge in [-0.25, -0.2) is 0 Å². The lowest BCUT2D eigenvalue weighted by atomic mass is 10.0. The van der Waals surface area contributed by atoms with Crippen LogP contribution in [-0.2, 0) is 27.3 Å². The van der Waals surface area contributed by atoms with Gasteiger partial charge in [0.2, 0.25) is 11.8 Å². The normalized spacial score (nSPS) is 15.0. The Morgan fingerprint density at radius 1 is 1.05 bits per heavy atom. The van der Waals surface area contributed by atoms with Crippen LogP contribution < -0.4 is 15.4 Å². The van der Waals surface area contributed by atoms with Gasteiger partial charge in [0.1, 0.15) is 17.6 Å². The largest absolute Gasteiger partial charge is 0.497 e. The van der Waals surface area contributed by atoms with Gasteiger partial charge in [0.15, 0.2) is 0 Å². The maximum Gasteiger partial charge on any atom is 0.242 e. The van der Waals surface area contributed by atoms with Crippen LogP contribution >= 0.6 is 0 Å². The minimum Gasteiger partial charge on any atom is -0.497 e. The number of benzene rings is 2. The molecule has 0 spiro atoms. The lowest BCUT2D eigenvalue weighted by Gasteiger charge is -2.33. The number of likely N-dealkylation sites (tertiary alicyclic amines) is 1. The van der Waals surface area contributed by atoms with Gasteiger partial charge in [-0.1, -0.05) is 43.2 Å². The summed E-state index contributed by atoms with van der Waals surface area (Å²) in [6.45, 7) is 6.32. The van der Waals surface area contributed by atoms with E-state index in [0.29, 0.717) is 12.8 Å². The van der Waals surface area contributed by atoms with Crippen molar-refractivity contribution in [3.05, 3.63) is 65.4 Å². The van der Waals surface area contributed by atoms with Crippen molar-refractivity contribution in [3.63, 3.8) is 0 Å². The number of nitrogens with one attached hydrogen (secondary N) is 3. The molecule has 0 radical (unpaired) electrons. The molecule has 2 heterocycles. The van der Waals surface area contributed by atoms with Crippen LogP contribution in [0.1, 0.15) is 68.7 Å². The second kappa shape index (κ2) is 14.8. The molecule has 1 fully saturated rings. The zero-order valence-corrected chi connectivity index (χ0v) is 24.6. The highest BCUT2D eigenvalue weighted by molar-refractivity contribution is 5.93. The summed E-state index contributed by atoms with van der Waals surface area (Å²) < 4.78 is 5.38. The van der Waals surface area contributed by atoms with E-state index in [0.717, 1.165) is 79.6 Å². The van der Waals surface area contributed by atoms with Crippen LogP contribution in [0.15, 0.2) is 48.5 Å². The third kappa shape index (κ3) is 8.92. The van der Waals surface area contributed by atoms with Crippen molar-refractivity contribution in [1.29, 1.82) is 0 Å². The number of nitrogens with zero attached hydrogens (tertiary/aromatic N) is 1. The minimum absolute atomic E-state index is 0.0926. The fourth-order valence-electron chi connectivity index (χ4n) is 5.67. The van der Waals surface area contributed by atoms with Crippen molar-refractivity contribution in [2.45, 2.75) is 83.8 Å². The highest BCUT2D eigenvalue weighted by atomic mass is 16.5. The van der Waals surface area contributed by atoms with Crippen LogP contribution in [0.5, 0.6) is 5.75 Å². The number of hydrogen-bond donors (Lipinski definition) is 3. The summed E-state index contributed by atoms with van der Waals surface area (Å²) >= 11 is 0. The molecule has 3 aromatic rings. The van der Waals surface area contributed by atoms with Gasteiger partial charge in [-0.2, -0.15) is 0 Å². The average molecular weight is 561 g/mol. The van der Waals surface area contributed by atoms with Gasteiger partial charge in [0, 0.05) is 48.7 Å². The number of aryl methyl sites for hydroxylation is 1. The van der Waals surface area contributed by atoms with Crippen LogP contribution in [0, 0.1) is 6.92 Å². The number of methoxy groups -OCH3 is 1. The smallest absolute Gasteiger partial charge is 0.242 e. The van der Waals surface area contributed by atoms with Crippen LogP contribution in [0.4, 0.5) is 0 Å². The lowest BCUT2D eigenvalue weighted by molar-refractivity contribution is -0.129. The number of hydrogen-bond acceptors (Lipinski definition) is 5. The summed E-state index contributed by atoms with van der Waals surface area (Å²) in [6, 6.07) is 15.7. The Kier molecular flexibility index (Phi) is 11.0. The van der Waals surface area contributed by atoms with E-state index in [2.05, 4.69) is 44.8 Å². The lowest BCUT2D eigenvalue weighted by Crippen LogP contribution is -2.52. The molecule has 8 nitrogen and oxygen atoms in total. The number of unbranched alkanes of at least 4 members (excludes halogenated alkanes) is 2. The predicted molar refractivity (Wildman–Crippen MR) is 162 cm³/mol. The quantitative estimate of drug-likeness (QED) is 0.245. The van der Waals surface area contributed by atoms with E-state index in [9.17, 15) is 14.4 Å². The molecular weight excluding hydrogens is 516 g/mol. The van der Waals surface area contributed by atoms with Gasteiger partial charge < -0.3 is 25.1 Å². The zero-order valence-electron chi connectivity index (χ0n) is 24.6. The fourth-order valence-corrected chi connectivity index (χ4v) is 5.67. The summed E-state index contributed by atoms with van der Waals surface area (Å²) in [4.78, 5) is 43.8. The summed E-state index contributed by atoms with van der Waals surface area (Å²) in [6.07, 6.45) is 5.45. The minimum atomic E-state index is -0.609. The summed E-state index contributed by atoms with van der Waals surface area (Å²) in [5, 5.41) is 7.21. The molecule has 1 saturated heterocycles. The Morgan fingerprint density at radius 3 is 2.51 bits per heavy atom. The molecule has 2 aromatic carbocycles. The van der Waals surface area contributed by atoms with E-state index in [-0.39, 0.29) is 30.1 Å². The number of aromatic nitrogens is 1. The van der Waals surface area contributed by atoms with Gasteiger partial charge in [-0.3, -0.25) is 14.5 Å². The van der Waals surface area contributed by atoms with Crippen molar-refractivity contribution in [2.24, 2.45) is 0 Å². The van der Waals surface area contributed by atoms with Crippen LogP contribution in [0.25, 0.3) is 10.9 Å². The van der Waals surface area contributed by atoms with Gasteiger partial charge >= 0.3 is 0 Å². The SMILES string of the molecule is COc1ccc2[nH]c(C)c(CC(=O)N[C@@H](CCCCCC(C)=O)C(=O)NC3CCN(Cc4ccccc4)CC3)c2c1. The Bertz CT molecular complexity index is 1310. The number of piperidine rings is 1. The molecule has 2 amide bonds. The van der Waals surface area contributed by atoms with Gasteiger partial charge in [-0.05, 0) is 68.9 Å². The Labute approximate surface area is 243 Å². The van der Waals surface area contributed by atoms with Crippen LogP contribution in [0.2, 0.25) is 0 Å². The molecule has 8 heteroatoms. The number of carbonyl (C=O) groups excluding carboxylic acids is 3. The van der Waals surface area contributed by atoms with Crippen molar-refractivity contribution in [1.82, 2.24) is 20.5 Å². The monoisotopic (exact) mass is 560 g/mol. The first-order valence-corrected chi connectivity index (χ1v) is 14.8. The first-order chi connectivity index (χ1) is 19.8. The van der Waals surface area contributed by atoms with E-state index in [4.69, 9.17) is 4.74 Å². The molecule has 41 heavy (non-hydrogen) atoms. The number of aromatic amines is 1. The average Bonchev–Trinajstić information content (AvgIpc) is 3.27. The van der Waals surface area contributed by atoms with Crippen LogP contribution in [-0.4, -0.2) is 59.8 Å². The molecule has 0 aliphatic carbocycles. The molecule has 0 bridgehead atoms. The first-order valence-electron chi connectivity index (χ1n) is 14.8. The highest BCUT2D eigenvalue weighted by Crippen LogP contribution is 2.27. The second-order valence-corrected chi connectivity index (χ2v) is 11.3. The first kappa shape index (κ1) is 30.3. The molecule has 1 aliphatic rings. The second-order valence-electron chi connectivity index (χ2n) is 11.3. The molecule has 3 N–H and O–H groups in total. The Morgan fingerprint density at radius 2 is 1.80 bits per heavy atom. The third-order valence-electron chi connectivity index (χ3n) is 8.02. The highest BCUT2D eigenvalue weighted by Gasteiger charge is 2.26. The molecule has 0 unspecified atom stereocenters. The van der Waals surface area contributed by atoms with Crippen LogP contribution in [0.3, 0.4) is 0 Å². The number of H-pyrrole nitrogens is 1. The number of ketones is 1. The van der Waals surface area contributed by atoms with E-state index in [1.54, 1.807) is 14.0 Å². The number of carbonyl (C=O) groups is 3. The van der Waals surface area contributed by atoms with Gasteiger partial charge in [-0.15, -0.1) is 0 Å². The van der Waals surface area contributed by atoms with E-state index >= 15 is 0 Å². The number of ether oxygens (including phenoxy) is 1. The van der Waals surface area contributed by atoms with Crippen molar-refractivity contribution in [3.8, 4) is 5.75 Å². The molecule has 1 aliphatic heterocycles. The summed E-state index contributed by atoms with van der Waals surface area (Å²) in [5.41, 5.74) is 4.08. The van der Waals surface area contributed by atoms with E-state index in [1.165, 1.54) is 5.56 Å². The predicted octanol–water partition coefficient (Wildman–Crippen LogP) is 4.83. The molecule has 220 valence electrons. The van der Waals surface area contributed by atoms with E-state index < -0.39 is 6.04 Å². The Hall–Kier alpha value is -3.65. The fraction of sp³-hybridized carbons (Fsp3) is 0.485. The summed E-state index contributed by atoms with van der Waals surface area (Å²) in [7, 11) is 1.62. The molecular formula is C33H44N4O4. The molecule has 0 saturated carbocycles. The number of amides is 2. The van der Waals surface area contributed by atoms with Crippen molar-refractivity contribution < 1.29 is 19.1 Å². The topological polar surface area (TPSA) is 104 Å². The molecule has 1 atom stereocenters. The van der Waals surface area contributed by atoms with Crippen molar-refractivity contribution in [2.75, 3.05) is 20.2 Å². The van der Waals surface area contributed by atoms with Gasteiger partial charge in [0.05, 0.1) is 13.5 Å². The molecule has 1 aromatic heterocycles. The number of fused-ring (bicyclic) bond motifs is 1. The Balaban J connectivity index is 1.35. The van der Waals surface area contributed by atoms with Gasteiger partial charge in [0.25, 0.3) is 0 Å². The standard InChI is InChI=1S/C33H44N4O4/c1-23(38)10-6-4-9-13-31(33(40)35-26-16-18-37(19-17-26)22-25-11-7-5-8-12-25)36-32(39)21-28-24(2)34-30-15-14-27(41-3)20-29(28)30/h5,7-8,11-12,14-15,20,26,31,34H,4,6,9-10,13,16-19,21-22H2,1-3H3,(H,35,40)(H,36,39)/t31-/m0/s1. The van der Waals surface area contributed by atoms with E-state index in [1.807, 2.05) is 31.2 Å². The van der Waals surface area contributed by atoms with Crippen molar-refractivity contribution >= 4 is 28.5 Å². The molecule has 4 rings (SSSR count). The third-order valence-corrected chi connectivity index (χ3v) is 8.02. The number of Topliss-reactive ketones (excluding diaryl/α,β-unsaturated/α-hetero) is 1. The number of rotatable bonds is 14. The zero-order chi connectivity index (χ0) is 29.2.